The first-order valence-corrected chi connectivity index (χ1v) is 6.21. The average molecular weight is 292 g/mol. The topological polar surface area (TPSA) is 89.1 Å². The Morgan fingerprint density at radius 3 is 2.57 bits per heavy atom. The number of benzene rings is 1. The molecule has 6 nitrogen and oxygen atoms in total. The van der Waals surface area contributed by atoms with Crippen LogP contribution in [0, 0.1) is 6.92 Å². The molecule has 0 aliphatic rings. The van der Waals surface area contributed by atoms with Crippen molar-refractivity contribution in [2.45, 2.75) is 13.5 Å². The Balaban J connectivity index is 2.55. The van der Waals surface area contributed by atoms with Crippen LogP contribution in [0.3, 0.4) is 0 Å². The van der Waals surface area contributed by atoms with Crippen LogP contribution < -0.4 is 4.74 Å². The van der Waals surface area contributed by atoms with E-state index in [9.17, 15) is 15.0 Å². The molecule has 0 saturated heterocycles. The molecule has 2 N–H and O–H groups in total. The molecule has 21 heavy (non-hydrogen) atoms. The van der Waals surface area contributed by atoms with Gasteiger partial charge in [0, 0.05) is 11.6 Å². The molecule has 0 fully saturated rings. The van der Waals surface area contributed by atoms with Crippen LogP contribution in [0.2, 0.25) is 0 Å². The minimum absolute atomic E-state index is 0.0490. The minimum Gasteiger partial charge on any atom is -0.507 e. The molecule has 1 aromatic heterocycles. The number of hydrogen-bond donors (Lipinski definition) is 2. The lowest BCUT2D eigenvalue weighted by atomic mass is 10.1. The van der Waals surface area contributed by atoms with E-state index in [1.807, 2.05) is 6.92 Å². The van der Waals surface area contributed by atoms with E-state index in [1.54, 1.807) is 6.07 Å². The second-order valence-corrected chi connectivity index (χ2v) is 4.45. The fourth-order valence-electron chi connectivity index (χ4n) is 2.04. The summed E-state index contributed by atoms with van der Waals surface area (Å²) in [7, 11) is 2.73. The Bertz CT molecular complexity index is 671. The van der Waals surface area contributed by atoms with Gasteiger partial charge in [0.25, 0.3) is 0 Å². The second-order valence-electron chi connectivity index (χ2n) is 4.45. The van der Waals surface area contributed by atoms with E-state index >= 15 is 0 Å². The van der Waals surface area contributed by atoms with Gasteiger partial charge in [0.2, 0.25) is 5.76 Å². The number of phenolic OH excluding ortho intramolecular Hbond substituents is 1. The third-order valence-corrected chi connectivity index (χ3v) is 3.13. The van der Waals surface area contributed by atoms with E-state index in [-0.39, 0.29) is 23.9 Å². The van der Waals surface area contributed by atoms with Crippen LogP contribution in [0.25, 0.3) is 11.3 Å². The van der Waals surface area contributed by atoms with Gasteiger partial charge in [-0.05, 0) is 24.6 Å². The summed E-state index contributed by atoms with van der Waals surface area (Å²) in [6.07, 6.45) is 0. The summed E-state index contributed by atoms with van der Waals surface area (Å²) < 4.78 is 15.1. The lowest BCUT2D eigenvalue weighted by molar-refractivity contribution is 0.0561. The van der Waals surface area contributed by atoms with Gasteiger partial charge in [0.15, 0.2) is 0 Å². The molecule has 1 heterocycles. The van der Waals surface area contributed by atoms with Crippen LogP contribution in [-0.2, 0) is 11.3 Å². The maximum Gasteiger partial charge on any atom is 0.374 e. The molecular formula is C15H16O6. The van der Waals surface area contributed by atoms with Gasteiger partial charge in [0.1, 0.15) is 17.3 Å². The molecule has 0 aliphatic carbocycles. The van der Waals surface area contributed by atoms with E-state index in [1.165, 1.54) is 26.4 Å². The monoisotopic (exact) mass is 292 g/mol. The Kier molecular flexibility index (Phi) is 4.18. The number of hydrogen-bond acceptors (Lipinski definition) is 6. The number of furan rings is 1. The minimum atomic E-state index is -0.685. The molecule has 6 heteroatoms. The molecular weight excluding hydrogens is 276 g/mol. The highest BCUT2D eigenvalue weighted by Crippen LogP contribution is 2.37. The van der Waals surface area contributed by atoms with Crippen molar-refractivity contribution in [3.63, 3.8) is 0 Å². The normalized spacial score (nSPS) is 10.5. The van der Waals surface area contributed by atoms with Gasteiger partial charge in [-0.3, -0.25) is 0 Å². The highest BCUT2D eigenvalue weighted by Gasteiger charge is 2.21. The lowest BCUT2D eigenvalue weighted by Gasteiger charge is -2.08. The number of phenols is 1. The fourth-order valence-corrected chi connectivity index (χ4v) is 2.04. The van der Waals surface area contributed by atoms with Crippen molar-refractivity contribution in [3.8, 4) is 22.8 Å². The number of carbonyl (C=O) groups excluding carboxylic acids is 1. The highest BCUT2D eigenvalue weighted by molar-refractivity contribution is 5.89. The van der Waals surface area contributed by atoms with E-state index in [2.05, 4.69) is 4.74 Å². The Hall–Kier alpha value is -2.47. The van der Waals surface area contributed by atoms with Gasteiger partial charge in [-0.25, -0.2) is 4.79 Å². The SMILES string of the molecule is COC(=O)c1oc(-c2cc(C)c(OC)cc2O)cc1CO. The molecule has 0 unspecified atom stereocenters. The van der Waals surface area contributed by atoms with Crippen LogP contribution in [0.1, 0.15) is 21.7 Å². The fraction of sp³-hybridized carbons (Fsp3) is 0.267. The van der Waals surface area contributed by atoms with E-state index < -0.39 is 5.97 Å². The summed E-state index contributed by atoms with van der Waals surface area (Å²) in [5, 5.41) is 19.3. The van der Waals surface area contributed by atoms with Crippen LogP contribution in [0.5, 0.6) is 11.5 Å². The summed E-state index contributed by atoms with van der Waals surface area (Å²) in [6, 6.07) is 4.63. The summed E-state index contributed by atoms with van der Waals surface area (Å²) in [5.41, 5.74) is 1.50. The predicted octanol–water partition coefficient (Wildman–Crippen LogP) is 2.25. The van der Waals surface area contributed by atoms with E-state index in [0.717, 1.165) is 5.56 Å². The smallest absolute Gasteiger partial charge is 0.374 e. The number of aromatic hydroxyl groups is 1. The number of methoxy groups -OCH3 is 2. The van der Waals surface area contributed by atoms with Crippen molar-refractivity contribution in [1.82, 2.24) is 0 Å². The highest BCUT2D eigenvalue weighted by atomic mass is 16.5. The van der Waals surface area contributed by atoms with Gasteiger partial charge in [-0.1, -0.05) is 0 Å². The Labute approximate surface area is 121 Å². The first-order valence-electron chi connectivity index (χ1n) is 6.21. The summed E-state index contributed by atoms with van der Waals surface area (Å²) in [6.45, 7) is 1.45. The number of esters is 1. The number of rotatable bonds is 4. The Morgan fingerprint density at radius 1 is 1.29 bits per heavy atom. The maximum absolute atomic E-state index is 11.6. The van der Waals surface area contributed by atoms with Gasteiger partial charge in [-0.2, -0.15) is 0 Å². The number of aliphatic hydroxyl groups excluding tert-OH is 1. The molecule has 112 valence electrons. The molecule has 0 bridgehead atoms. The molecule has 0 aliphatic heterocycles. The second kappa shape index (κ2) is 5.88. The lowest BCUT2D eigenvalue weighted by Crippen LogP contribution is -2.02. The maximum atomic E-state index is 11.6. The zero-order chi connectivity index (χ0) is 15.6. The average Bonchev–Trinajstić information content (AvgIpc) is 2.92. The van der Waals surface area contributed by atoms with Crippen molar-refractivity contribution in [2.24, 2.45) is 0 Å². The van der Waals surface area contributed by atoms with Crippen LogP contribution >= 0.6 is 0 Å². The van der Waals surface area contributed by atoms with Gasteiger partial charge in [-0.15, -0.1) is 0 Å². The van der Waals surface area contributed by atoms with Crippen LogP contribution in [0.4, 0.5) is 0 Å². The molecule has 0 amide bonds. The summed E-state index contributed by atoms with van der Waals surface area (Å²) in [4.78, 5) is 11.6. The largest absolute Gasteiger partial charge is 0.507 e. The quantitative estimate of drug-likeness (QED) is 0.840. The van der Waals surface area contributed by atoms with Crippen molar-refractivity contribution < 1.29 is 28.9 Å². The van der Waals surface area contributed by atoms with Crippen molar-refractivity contribution >= 4 is 5.97 Å². The van der Waals surface area contributed by atoms with E-state index in [0.29, 0.717) is 16.9 Å². The molecule has 2 aromatic rings. The van der Waals surface area contributed by atoms with Crippen molar-refractivity contribution in [3.05, 3.63) is 35.1 Å². The zero-order valence-corrected chi connectivity index (χ0v) is 12.0. The van der Waals surface area contributed by atoms with Crippen LogP contribution in [0.15, 0.2) is 22.6 Å². The third kappa shape index (κ3) is 2.71. The first-order chi connectivity index (χ1) is 10.0. The van der Waals surface area contributed by atoms with Crippen LogP contribution in [-0.4, -0.2) is 30.4 Å². The molecule has 0 atom stereocenters. The third-order valence-electron chi connectivity index (χ3n) is 3.13. The van der Waals surface area contributed by atoms with Gasteiger partial charge >= 0.3 is 5.97 Å². The zero-order valence-electron chi connectivity index (χ0n) is 12.0. The predicted molar refractivity (Wildman–Crippen MR) is 74.4 cm³/mol. The molecule has 0 saturated carbocycles. The van der Waals surface area contributed by atoms with Crippen molar-refractivity contribution in [1.29, 1.82) is 0 Å². The first kappa shape index (κ1) is 14.9. The molecule has 0 radical (unpaired) electrons. The number of aryl methyl sites for hydroxylation is 1. The van der Waals surface area contributed by atoms with Gasteiger partial charge in [0.05, 0.1) is 26.4 Å². The Morgan fingerprint density at radius 2 is 2.00 bits per heavy atom. The van der Waals surface area contributed by atoms with Gasteiger partial charge < -0.3 is 24.1 Å². The standard InChI is InChI=1S/C15H16O6/c1-8-4-10(11(17)6-12(8)19-2)13-5-9(7-16)14(21-13)15(18)20-3/h4-6,16-17H,7H2,1-3H3. The molecule has 1 aromatic carbocycles. The van der Waals surface area contributed by atoms with Crippen molar-refractivity contribution in [2.75, 3.05) is 14.2 Å². The molecule has 0 spiro atoms. The number of ether oxygens (including phenoxy) is 2. The van der Waals surface area contributed by atoms with E-state index in [4.69, 9.17) is 9.15 Å². The summed E-state index contributed by atoms with van der Waals surface area (Å²) in [5.74, 6) is -0.00826. The summed E-state index contributed by atoms with van der Waals surface area (Å²) >= 11 is 0. The molecule has 2 rings (SSSR count). The number of aliphatic hydroxyl groups is 1. The number of carbonyl (C=O) groups is 1.